The molecule has 0 aliphatic carbocycles. The van der Waals surface area contributed by atoms with Gasteiger partial charge in [0.15, 0.2) is 6.61 Å². The van der Waals surface area contributed by atoms with Crippen LogP contribution in [0, 0.1) is 0 Å². The predicted octanol–water partition coefficient (Wildman–Crippen LogP) is 3.34. The molecule has 0 spiro atoms. The maximum absolute atomic E-state index is 12.5. The molecular weight excluding hydrogens is 354 g/mol. The first-order chi connectivity index (χ1) is 12.6. The van der Waals surface area contributed by atoms with Crippen molar-refractivity contribution < 1.29 is 23.9 Å². The van der Waals surface area contributed by atoms with Crippen molar-refractivity contribution in [2.24, 2.45) is 0 Å². The van der Waals surface area contributed by atoms with E-state index < -0.39 is 29.8 Å². The molecule has 1 atom stereocenters. The van der Waals surface area contributed by atoms with Crippen LogP contribution in [0.3, 0.4) is 0 Å². The van der Waals surface area contributed by atoms with E-state index in [0.29, 0.717) is 0 Å². The predicted molar refractivity (Wildman–Crippen MR) is 97.6 cm³/mol. The lowest BCUT2D eigenvalue weighted by atomic mass is 10.1. The smallest absolute Gasteiger partial charge is 0.413 e. The molecule has 2 amide bonds. The minimum atomic E-state index is -0.869. The molecule has 1 N–H and O–H groups in total. The highest BCUT2D eigenvalue weighted by atomic mass is 32.2. The highest BCUT2D eigenvalue weighted by Crippen LogP contribution is 2.36. The maximum Gasteiger partial charge on any atom is 0.413 e. The van der Waals surface area contributed by atoms with E-state index in [2.05, 4.69) is 4.74 Å². The molecule has 0 aliphatic rings. The van der Waals surface area contributed by atoms with E-state index in [0.717, 1.165) is 10.5 Å². The molecule has 0 heterocycles. The lowest BCUT2D eigenvalue weighted by Crippen LogP contribution is -2.35. The summed E-state index contributed by atoms with van der Waals surface area (Å²) < 4.78 is 9.69. The fourth-order valence-electron chi connectivity index (χ4n) is 2.04. The summed E-state index contributed by atoms with van der Waals surface area (Å²) in [5.74, 6) is -1.31. The van der Waals surface area contributed by atoms with Crippen LogP contribution < -0.4 is 5.32 Å². The largest absolute Gasteiger partial charge is 0.454 e. The zero-order valence-corrected chi connectivity index (χ0v) is 15.0. The van der Waals surface area contributed by atoms with Crippen molar-refractivity contribution in [3.63, 3.8) is 0 Å². The number of thioether (sulfide) groups is 1. The third kappa shape index (κ3) is 6.25. The molecule has 7 heteroatoms. The van der Waals surface area contributed by atoms with Gasteiger partial charge in [-0.05, 0) is 24.6 Å². The number of hydrogen-bond acceptors (Lipinski definition) is 6. The molecule has 0 saturated heterocycles. The number of hydrogen-bond donors (Lipinski definition) is 1. The minimum Gasteiger partial charge on any atom is -0.454 e. The molecule has 2 rings (SSSR count). The number of carbonyl (C=O) groups excluding carboxylic acids is 3. The molecule has 2 aromatic carbocycles. The Morgan fingerprint density at radius 2 is 1.58 bits per heavy atom. The molecule has 0 radical (unpaired) electrons. The van der Waals surface area contributed by atoms with Gasteiger partial charge in [-0.25, -0.2) is 4.79 Å². The number of amides is 2. The van der Waals surface area contributed by atoms with Crippen LogP contribution in [0.15, 0.2) is 65.6 Å². The lowest BCUT2D eigenvalue weighted by molar-refractivity contribution is -0.147. The molecule has 0 bridgehead atoms. The van der Waals surface area contributed by atoms with Crippen LogP contribution in [0.5, 0.6) is 0 Å². The Labute approximate surface area is 155 Å². The van der Waals surface area contributed by atoms with E-state index in [4.69, 9.17) is 4.74 Å². The molecule has 0 aliphatic heterocycles. The molecule has 136 valence electrons. The summed E-state index contributed by atoms with van der Waals surface area (Å²) in [6, 6.07) is 18.6. The van der Waals surface area contributed by atoms with Crippen molar-refractivity contribution in [1.82, 2.24) is 5.32 Å². The van der Waals surface area contributed by atoms with Gasteiger partial charge in [0.05, 0.1) is 6.61 Å². The molecule has 2 aromatic rings. The van der Waals surface area contributed by atoms with Gasteiger partial charge in [0.1, 0.15) is 5.25 Å². The summed E-state index contributed by atoms with van der Waals surface area (Å²) in [5.41, 5.74) is 0.761. The van der Waals surface area contributed by atoms with Crippen molar-refractivity contribution >= 4 is 29.7 Å². The Kier molecular flexibility index (Phi) is 7.70. The summed E-state index contributed by atoms with van der Waals surface area (Å²) in [7, 11) is 0. The van der Waals surface area contributed by atoms with Crippen molar-refractivity contribution in [3.05, 3.63) is 66.2 Å². The van der Waals surface area contributed by atoms with Crippen LogP contribution in [-0.2, 0) is 19.1 Å². The van der Waals surface area contributed by atoms with Crippen LogP contribution in [0.1, 0.15) is 17.7 Å². The monoisotopic (exact) mass is 373 g/mol. The number of imide groups is 1. The van der Waals surface area contributed by atoms with Crippen LogP contribution in [-0.4, -0.2) is 31.2 Å². The summed E-state index contributed by atoms with van der Waals surface area (Å²) in [6.07, 6.45) is -0.869. The number of rotatable bonds is 7. The topological polar surface area (TPSA) is 81.7 Å². The first-order valence-corrected chi connectivity index (χ1v) is 8.88. The Bertz CT molecular complexity index is 736. The Hall–Kier alpha value is -2.80. The normalized spacial score (nSPS) is 11.3. The highest BCUT2D eigenvalue weighted by molar-refractivity contribution is 8.00. The molecule has 6 nitrogen and oxygen atoms in total. The third-order valence-corrected chi connectivity index (χ3v) is 4.42. The Morgan fingerprint density at radius 3 is 2.19 bits per heavy atom. The van der Waals surface area contributed by atoms with Gasteiger partial charge in [-0.15, -0.1) is 11.8 Å². The quantitative estimate of drug-likeness (QED) is 0.592. The van der Waals surface area contributed by atoms with Gasteiger partial charge in [-0.2, -0.15) is 0 Å². The van der Waals surface area contributed by atoms with E-state index in [1.807, 2.05) is 66.0 Å². The zero-order chi connectivity index (χ0) is 18.8. The van der Waals surface area contributed by atoms with Crippen molar-refractivity contribution in [1.29, 1.82) is 0 Å². The molecule has 26 heavy (non-hydrogen) atoms. The molecular formula is C19H19NO5S. The first kappa shape index (κ1) is 19.5. The molecule has 0 aromatic heterocycles. The zero-order valence-electron chi connectivity index (χ0n) is 14.2. The summed E-state index contributed by atoms with van der Waals surface area (Å²) in [4.78, 5) is 36.3. The first-order valence-electron chi connectivity index (χ1n) is 8.00. The highest BCUT2D eigenvalue weighted by Gasteiger charge is 2.24. The van der Waals surface area contributed by atoms with Crippen molar-refractivity contribution in [3.8, 4) is 0 Å². The van der Waals surface area contributed by atoms with Crippen LogP contribution >= 0.6 is 11.8 Å². The second-order valence-electron chi connectivity index (χ2n) is 5.10. The van der Waals surface area contributed by atoms with Gasteiger partial charge >= 0.3 is 12.1 Å². The fraction of sp³-hybridized carbons (Fsp3) is 0.211. The van der Waals surface area contributed by atoms with E-state index in [1.54, 1.807) is 6.92 Å². The van der Waals surface area contributed by atoms with Crippen molar-refractivity contribution in [2.75, 3.05) is 13.2 Å². The number of benzene rings is 2. The van der Waals surface area contributed by atoms with E-state index in [1.165, 1.54) is 11.8 Å². The van der Waals surface area contributed by atoms with E-state index in [9.17, 15) is 14.4 Å². The van der Waals surface area contributed by atoms with Crippen LogP contribution in [0.25, 0.3) is 0 Å². The maximum atomic E-state index is 12.5. The van der Waals surface area contributed by atoms with Gasteiger partial charge in [-0.1, -0.05) is 48.5 Å². The second kappa shape index (κ2) is 10.2. The number of carbonyl (C=O) groups is 3. The third-order valence-electron chi connectivity index (χ3n) is 3.18. The lowest BCUT2D eigenvalue weighted by Gasteiger charge is -2.16. The SMILES string of the molecule is CCOC(=O)NC(=O)COC(=O)[C@H](Sc1ccccc1)c1ccccc1. The average Bonchev–Trinajstić information content (AvgIpc) is 2.66. The summed E-state index contributed by atoms with van der Waals surface area (Å²) >= 11 is 1.33. The van der Waals surface area contributed by atoms with Gasteiger partial charge in [-0.3, -0.25) is 14.9 Å². The molecule has 0 unspecified atom stereocenters. The van der Waals surface area contributed by atoms with Gasteiger partial charge in [0, 0.05) is 4.90 Å². The van der Waals surface area contributed by atoms with Crippen molar-refractivity contribution in [2.45, 2.75) is 17.1 Å². The summed E-state index contributed by atoms with van der Waals surface area (Å²) in [6.45, 7) is 1.20. The van der Waals surface area contributed by atoms with Gasteiger partial charge in [0.2, 0.25) is 0 Å². The van der Waals surface area contributed by atoms with Gasteiger partial charge in [0.25, 0.3) is 5.91 Å². The van der Waals surface area contributed by atoms with E-state index in [-0.39, 0.29) is 6.61 Å². The number of nitrogens with one attached hydrogen (secondary N) is 1. The fourth-order valence-corrected chi connectivity index (χ4v) is 3.09. The van der Waals surface area contributed by atoms with Crippen LogP contribution in [0.4, 0.5) is 4.79 Å². The number of esters is 1. The number of alkyl carbamates (subject to hydrolysis) is 1. The molecule has 0 fully saturated rings. The standard InChI is InChI=1S/C19H19NO5S/c1-2-24-19(23)20-16(21)13-25-18(22)17(14-9-5-3-6-10-14)26-15-11-7-4-8-12-15/h3-12,17H,2,13H2,1H3,(H,20,21,23)/t17-/m1/s1. The minimum absolute atomic E-state index is 0.142. The van der Waals surface area contributed by atoms with Crippen LogP contribution in [0.2, 0.25) is 0 Å². The van der Waals surface area contributed by atoms with E-state index >= 15 is 0 Å². The summed E-state index contributed by atoms with van der Waals surface area (Å²) in [5, 5.41) is 1.35. The Morgan fingerprint density at radius 1 is 0.962 bits per heavy atom. The van der Waals surface area contributed by atoms with Gasteiger partial charge < -0.3 is 9.47 Å². The average molecular weight is 373 g/mol. The Balaban J connectivity index is 2.02. The second-order valence-corrected chi connectivity index (χ2v) is 6.28. The number of ether oxygens (including phenoxy) is 2. The molecule has 0 saturated carbocycles.